The number of aromatic nitrogens is 1. The molecule has 1 aromatic carbocycles. The van der Waals surface area contributed by atoms with Crippen LogP contribution in [0.2, 0.25) is 0 Å². The number of hydrogen-bond donors (Lipinski definition) is 3. The van der Waals surface area contributed by atoms with Crippen LogP contribution in [0.1, 0.15) is 54.8 Å². The Balaban J connectivity index is 0.000000270. The molecule has 4 rings (SSSR count). The zero-order valence-electron chi connectivity index (χ0n) is 21.0. The van der Waals surface area contributed by atoms with Crippen LogP contribution < -0.4 is 5.32 Å². The van der Waals surface area contributed by atoms with Crippen molar-refractivity contribution in [1.29, 1.82) is 0 Å². The average molecular weight is 453 g/mol. The third kappa shape index (κ3) is 7.53. The molecule has 1 aromatic heterocycles. The fourth-order valence-electron chi connectivity index (χ4n) is 4.05. The lowest BCUT2D eigenvalue weighted by atomic mass is 9.97. The van der Waals surface area contributed by atoms with Crippen LogP contribution in [0.3, 0.4) is 0 Å². The Kier molecular flexibility index (Phi) is 10.3. The Bertz CT molecular complexity index is 949. The van der Waals surface area contributed by atoms with Crippen LogP contribution in [-0.2, 0) is 17.6 Å². The third-order valence-electron chi connectivity index (χ3n) is 6.00. The summed E-state index contributed by atoms with van der Waals surface area (Å²) < 4.78 is 6.11. The van der Waals surface area contributed by atoms with E-state index in [-0.39, 0.29) is 0 Å². The highest BCUT2D eigenvalue weighted by Crippen LogP contribution is 2.36. The van der Waals surface area contributed by atoms with Gasteiger partial charge < -0.3 is 20.3 Å². The Morgan fingerprint density at radius 2 is 1.85 bits per heavy atom. The van der Waals surface area contributed by atoms with Crippen LogP contribution >= 0.6 is 0 Å². The Morgan fingerprint density at radius 1 is 1.15 bits per heavy atom. The molecular weight excluding hydrogens is 412 g/mol. The lowest BCUT2D eigenvalue weighted by Crippen LogP contribution is -2.37. The fourth-order valence-corrected chi connectivity index (χ4v) is 4.05. The van der Waals surface area contributed by atoms with Crippen molar-refractivity contribution in [2.75, 3.05) is 20.7 Å². The molecule has 0 amide bonds. The van der Waals surface area contributed by atoms with Crippen LogP contribution in [0.5, 0.6) is 0 Å². The highest BCUT2D eigenvalue weighted by atomic mass is 16.5. The second-order valence-electron chi connectivity index (χ2n) is 8.99. The first kappa shape index (κ1) is 26.8. The Labute approximate surface area is 199 Å². The molecule has 5 nitrogen and oxygen atoms in total. The molecule has 2 heterocycles. The van der Waals surface area contributed by atoms with Crippen LogP contribution in [-0.4, -0.2) is 47.6 Å². The molecule has 1 atom stereocenters. The highest BCUT2D eigenvalue weighted by molar-refractivity contribution is 5.61. The predicted octanol–water partition coefficient (Wildman–Crippen LogP) is 4.53. The van der Waals surface area contributed by atoms with Crippen LogP contribution in [0.15, 0.2) is 53.8 Å². The molecule has 1 aliphatic heterocycles. The molecule has 0 radical (unpaired) electrons. The van der Waals surface area contributed by atoms with Crippen molar-refractivity contribution in [3.63, 3.8) is 0 Å². The maximum Gasteiger partial charge on any atom is 0.129 e. The average Bonchev–Trinajstić information content (AvgIpc) is 3.03. The minimum Gasteiger partial charge on any atom is -0.485 e. The summed E-state index contributed by atoms with van der Waals surface area (Å²) in [5.74, 6) is 0.909. The smallest absolute Gasteiger partial charge is 0.129 e. The summed E-state index contributed by atoms with van der Waals surface area (Å²) in [4.78, 5) is 4.68. The van der Waals surface area contributed by atoms with Crippen molar-refractivity contribution in [3.05, 3.63) is 81.9 Å². The quantitative estimate of drug-likeness (QED) is 0.638. The van der Waals surface area contributed by atoms with E-state index >= 15 is 0 Å². The first-order valence-electron chi connectivity index (χ1n) is 11.7. The van der Waals surface area contributed by atoms with Crippen LogP contribution in [0.25, 0.3) is 6.08 Å². The van der Waals surface area contributed by atoms with E-state index in [4.69, 9.17) is 9.84 Å². The number of aliphatic hydroxyl groups excluding tert-OH is 2. The zero-order valence-corrected chi connectivity index (χ0v) is 21.0. The second kappa shape index (κ2) is 12.7. The van der Waals surface area contributed by atoms with Gasteiger partial charge >= 0.3 is 0 Å². The van der Waals surface area contributed by atoms with E-state index in [9.17, 15) is 5.11 Å². The standard InChI is InChI=1S/C18H23NO2.C9H13N.CH4O/c1-11-9-12(2)19-15-10-13-5-8-17(20)18(3,4)21-16(13)7-6-14(11)15;1-10-8-7-9-5-3-2-4-6-9;1-2/h7,9-10,17,20H,5-6,8H2,1-4H3;2-6,10H,7-8H2,1H3;2H,1H3. The van der Waals surface area contributed by atoms with Gasteiger partial charge in [0.25, 0.3) is 0 Å². The lowest BCUT2D eigenvalue weighted by molar-refractivity contribution is -0.0616. The van der Waals surface area contributed by atoms with Crippen LogP contribution in [0.4, 0.5) is 0 Å². The Hall–Kier alpha value is -2.47. The number of nitrogens with zero attached hydrogens (tertiary/aromatic N) is 1. The Morgan fingerprint density at radius 3 is 2.52 bits per heavy atom. The number of likely N-dealkylation sites (N-methyl/N-ethyl adjacent to an activating group) is 1. The molecule has 1 unspecified atom stereocenters. The minimum absolute atomic E-state index is 0.446. The molecule has 180 valence electrons. The van der Waals surface area contributed by atoms with Gasteiger partial charge in [0.1, 0.15) is 11.4 Å². The van der Waals surface area contributed by atoms with Crippen molar-refractivity contribution in [2.24, 2.45) is 0 Å². The number of aryl methyl sites for hydroxylation is 2. The maximum atomic E-state index is 10.2. The van der Waals surface area contributed by atoms with Crippen molar-refractivity contribution >= 4 is 6.08 Å². The zero-order chi connectivity index (χ0) is 24.4. The minimum atomic E-state index is -0.545. The summed E-state index contributed by atoms with van der Waals surface area (Å²) in [5, 5.41) is 20.3. The fraction of sp³-hybridized carbons (Fsp3) is 0.464. The molecule has 0 saturated carbocycles. The number of fused-ring (bicyclic) bond motifs is 2. The van der Waals surface area contributed by atoms with Gasteiger partial charge in [-0.3, -0.25) is 4.98 Å². The number of nitrogens with one attached hydrogen (secondary N) is 1. The van der Waals surface area contributed by atoms with Crippen molar-refractivity contribution in [1.82, 2.24) is 10.3 Å². The topological polar surface area (TPSA) is 74.6 Å². The van der Waals surface area contributed by atoms with Gasteiger partial charge in [0.15, 0.2) is 0 Å². The molecule has 0 spiro atoms. The van der Waals surface area contributed by atoms with Gasteiger partial charge in [-0.25, -0.2) is 0 Å². The van der Waals surface area contributed by atoms with E-state index in [2.05, 4.69) is 59.7 Å². The molecule has 3 N–H and O–H groups in total. The maximum absolute atomic E-state index is 10.2. The van der Waals surface area contributed by atoms with E-state index in [1.54, 1.807) is 0 Å². The normalized spacial score (nSPS) is 18.2. The van der Waals surface area contributed by atoms with Gasteiger partial charge in [0, 0.05) is 12.8 Å². The van der Waals surface area contributed by atoms with Gasteiger partial charge in [0.2, 0.25) is 0 Å². The molecule has 2 aromatic rings. The van der Waals surface area contributed by atoms with Crippen molar-refractivity contribution in [2.45, 2.75) is 65.1 Å². The van der Waals surface area contributed by atoms with Gasteiger partial charge in [-0.05, 0) is 107 Å². The van der Waals surface area contributed by atoms with E-state index < -0.39 is 11.7 Å². The predicted molar refractivity (Wildman–Crippen MR) is 136 cm³/mol. The molecule has 33 heavy (non-hydrogen) atoms. The van der Waals surface area contributed by atoms with E-state index in [1.807, 2.05) is 33.9 Å². The second-order valence-corrected chi connectivity index (χ2v) is 8.99. The number of pyridine rings is 1. The SMILES string of the molecule is CNCCc1ccccc1.CO.Cc1cc(C)c2c(n1)C=C1CCC(O)C(C)(C)OC1=CC2. The first-order chi connectivity index (χ1) is 15.8. The lowest BCUT2D eigenvalue weighted by Gasteiger charge is -2.29. The number of allylic oxidation sites excluding steroid dienone is 2. The highest BCUT2D eigenvalue weighted by Gasteiger charge is 2.35. The van der Waals surface area contributed by atoms with E-state index in [0.29, 0.717) is 0 Å². The van der Waals surface area contributed by atoms with Crippen molar-refractivity contribution < 1.29 is 14.9 Å². The van der Waals surface area contributed by atoms with E-state index in [1.165, 1.54) is 16.7 Å². The molecule has 5 heteroatoms. The number of ether oxygens (including phenoxy) is 1. The summed E-state index contributed by atoms with van der Waals surface area (Å²) in [6.07, 6.45) is 7.33. The molecule has 1 aliphatic carbocycles. The molecule has 1 saturated heterocycles. The summed E-state index contributed by atoms with van der Waals surface area (Å²) in [7, 11) is 2.98. The number of hydrogen-bond acceptors (Lipinski definition) is 5. The van der Waals surface area contributed by atoms with Gasteiger partial charge in [0.05, 0.1) is 11.8 Å². The van der Waals surface area contributed by atoms with E-state index in [0.717, 1.165) is 62.1 Å². The number of rotatable bonds is 3. The monoisotopic (exact) mass is 452 g/mol. The van der Waals surface area contributed by atoms with Crippen LogP contribution in [0, 0.1) is 13.8 Å². The van der Waals surface area contributed by atoms with Gasteiger partial charge in [-0.2, -0.15) is 0 Å². The summed E-state index contributed by atoms with van der Waals surface area (Å²) in [5.41, 5.74) is 6.65. The van der Waals surface area contributed by atoms with Crippen molar-refractivity contribution in [3.8, 4) is 0 Å². The number of aliphatic hydroxyl groups is 2. The number of benzene rings is 1. The largest absolute Gasteiger partial charge is 0.485 e. The van der Waals surface area contributed by atoms with Gasteiger partial charge in [-0.1, -0.05) is 30.3 Å². The molecule has 1 fully saturated rings. The molecular formula is C28H40N2O3. The van der Waals surface area contributed by atoms with Gasteiger partial charge in [-0.15, -0.1) is 0 Å². The summed E-state index contributed by atoms with van der Waals surface area (Å²) in [6, 6.07) is 12.6. The first-order valence-corrected chi connectivity index (χ1v) is 11.7. The molecule has 2 aliphatic rings. The summed E-state index contributed by atoms with van der Waals surface area (Å²) >= 11 is 0. The molecule has 0 bridgehead atoms. The summed E-state index contributed by atoms with van der Waals surface area (Å²) in [6.45, 7) is 9.13. The third-order valence-corrected chi connectivity index (χ3v) is 6.00.